The van der Waals surface area contributed by atoms with E-state index >= 15 is 0 Å². The summed E-state index contributed by atoms with van der Waals surface area (Å²) in [4.78, 5) is 12.6. The summed E-state index contributed by atoms with van der Waals surface area (Å²) in [5, 5.41) is 2.85. The molecule has 0 atom stereocenters. The Morgan fingerprint density at radius 2 is 1.82 bits per heavy atom. The van der Waals surface area contributed by atoms with Gasteiger partial charge in [0, 0.05) is 19.2 Å². The number of alkyl halides is 3. The lowest BCUT2D eigenvalue weighted by Gasteiger charge is -2.30. The quantitative estimate of drug-likeness (QED) is 0.373. The Balaban J connectivity index is 1.56. The zero-order valence-corrected chi connectivity index (χ0v) is 22.3. The number of nitrogens with zero attached hydrogens (tertiary/aromatic N) is 1. The lowest BCUT2D eigenvalue weighted by Crippen LogP contribution is -2.36. The second kappa shape index (κ2) is 11.0. The van der Waals surface area contributed by atoms with Crippen molar-refractivity contribution in [1.29, 1.82) is 0 Å². The Bertz CT molecular complexity index is 1530. The molecule has 0 aromatic heterocycles. The standard InChI is InChI=1S/C26H23ClF4N2O5S/c1-37-17-5-8-22(38-2)23(13-17)39(35,36)33-10-9-18-16(14-33)4-7-20(27)25(18)32-24(34)12-15-3-6-19(21(28)11-15)26(29,30)31/h3-8,11,13H,9-10,12,14H2,1-2H3,(H,32,34). The minimum absolute atomic E-state index is 0.0117. The molecule has 1 amide bonds. The third-order valence-corrected chi connectivity index (χ3v) is 8.45. The van der Waals surface area contributed by atoms with Crippen molar-refractivity contribution in [3.05, 3.63) is 81.6 Å². The summed E-state index contributed by atoms with van der Waals surface area (Å²) in [6, 6.07) is 9.91. The van der Waals surface area contributed by atoms with E-state index in [2.05, 4.69) is 5.32 Å². The van der Waals surface area contributed by atoms with E-state index in [-0.39, 0.29) is 46.4 Å². The van der Waals surface area contributed by atoms with Crippen LogP contribution >= 0.6 is 11.6 Å². The molecule has 1 aliphatic rings. The highest BCUT2D eigenvalue weighted by molar-refractivity contribution is 7.89. The first-order chi connectivity index (χ1) is 18.3. The number of halogens is 5. The maximum absolute atomic E-state index is 13.9. The van der Waals surface area contributed by atoms with Gasteiger partial charge in [-0.2, -0.15) is 17.5 Å². The van der Waals surface area contributed by atoms with Crippen molar-refractivity contribution in [2.24, 2.45) is 0 Å². The summed E-state index contributed by atoms with van der Waals surface area (Å²) < 4.78 is 91.0. The van der Waals surface area contributed by atoms with Crippen molar-refractivity contribution < 1.29 is 40.2 Å². The molecule has 0 unspecified atom stereocenters. The van der Waals surface area contributed by atoms with Crippen molar-refractivity contribution in [3.8, 4) is 11.5 Å². The molecular formula is C26H23ClF4N2O5S. The largest absolute Gasteiger partial charge is 0.497 e. The van der Waals surface area contributed by atoms with Crippen LogP contribution in [0.25, 0.3) is 0 Å². The first kappa shape index (κ1) is 28.7. The highest BCUT2D eigenvalue weighted by Crippen LogP contribution is 2.37. The lowest BCUT2D eigenvalue weighted by molar-refractivity contribution is -0.140. The summed E-state index contributed by atoms with van der Waals surface area (Å²) in [5.41, 5.74) is 0.120. The summed E-state index contributed by atoms with van der Waals surface area (Å²) in [5.74, 6) is -1.60. The normalized spacial score (nSPS) is 14.0. The second-order valence-corrected chi connectivity index (χ2v) is 11.0. The maximum Gasteiger partial charge on any atom is 0.419 e. The molecule has 0 saturated carbocycles. The van der Waals surface area contributed by atoms with E-state index in [1.807, 2.05) is 0 Å². The average Bonchev–Trinajstić information content (AvgIpc) is 2.88. The van der Waals surface area contributed by atoms with Crippen LogP contribution in [0.15, 0.2) is 53.4 Å². The van der Waals surface area contributed by atoms with Crippen LogP contribution in [0.1, 0.15) is 22.3 Å². The number of methoxy groups -OCH3 is 2. The molecule has 1 N–H and O–H groups in total. The number of nitrogens with one attached hydrogen (secondary N) is 1. The summed E-state index contributed by atoms with van der Waals surface area (Å²) in [6.07, 6.45) is -5.03. The molecule has 1 aliphatic heterocycles. The van der Waals surface area contributed by atoms with Crippen LogP contribution in [-0.4, -0.2) is 39.4 Å². The van der Waals surface area contributed by atoms with Gasteiger partial charge in [0.15, 0.2) is 0 Å². The molecule has 0 bridgehead atoms. The summed E-state index contributed by atoms with van der Waals surface area (Å²) in [7, 11) is -1.21. The number of amides is 1. The van der Waals surface area contributed by atoms with Crippen LogP contribution in [0.5, 0.6) is 11.5 Å². The zero-order chi connectivity index (χ0) is 28.5. The highest BCUT2D eigenvalue weighted by Gasteiger charge is 2.34. The van der Waals surface area contributed by atoms with Crippen LogP contribution < -0.4 is 14.8 Å². The number of hydrogen-bond acceptors (Lipinski definition) is 5. The number of ether oxygens (including phenoxy) is 2. The van der Waals surface area contributed by atoms with Crippen LogP contribution in [0.4, 0.5) is 23.2 Å². The minimum atomic E-state index is -4.85. The van der Waals surface area contributed by atoms with E-state index in [9.17, 15) is 30.8 Å². The van der Waals surface area contributed by atoms with E-state index in [4.69, 9.17) is 21.1 Å². The molecule has 3 aromatic rings. The maximum atomic E-state index is 13.9. The van der Waals surface area contributed by atoms with Crippen molar-refractivity contribution in [1.82, 2.24) is 4.31 Å². The van der Waals surface area contributed by atoms with E-state index in [0.29, 0.717) is 29.0 Å². The van der Waals surface area contributed by atoms with Gasteiger partial charge in [0.2, 0.25) is 15.9 Å². The predicted octanol–water partition coefficient (Wildman–Crippen LogP) is 5.44. The first-order valence-electron chi connectivity index (χ1n) is 11.5. The molecule has 208 valence electrons. The van der Waals surface area contributed by atoms with Gasteiger partial charge in [0.25, 0.3) is 0 Å². The number of benzene rings is 3. The van der Waals surface area contributed by atoms with Crippen LogP contribution in [0.2, 0.25) is 5.02 Å². The molecule has 4 rings (SSSR count). The van der Waals surface area contributed by atoms with Gasteiger partial charge in [0.1, 0.15) is 22.2 Å². The molecular weight excluding hydrogens is 564 g/mol. The lowest BCUT2D eigenvalue weighted by atomic mass is 9.98. The topological polar surface area (TPSA) is 84.9 Å². The SMILES string of the molecule is COc1ccc(OC)c(S(=O)(=O)N2CCc3c(ccc(Cl)c3NC(=O)Cc3ccc(C(F)(F)F)c(F)c3)C2)c1. The predicted molar refractivity (Wildman–Crippen MR) is 136 cm³/mol. The van der Waals surface area contributed by atoms with Gasteiger partial charge in [-0.3, -0.25) is 4.79 Å². The van der Waals surface area contributed by atoms with E-state index in [1.165, 1.54) is 36.7 Å². The Morgan fingerprint density at radius 3 is 2.46 bits per heavy atom. The van der Waals surface area contributed by atoms with Crippen molar-refractivity contribution in [3.63, 3.8) is 0 Å². The van der Waals surface area contributed by atoms with Gasteiger partial charge in [-0.05, 0) is 53.4 Å². The van der Waals surface area contributed by atoms with Gasteiger partial charge in [0.05, 0.1) is 36.9 Å². The third kappa shape index (κ3) is 5.97. The molecule has 0 saturated heterocycles. The molecule has 7 nitrogen and oxygen atoms in total. The number of fused-ring (bicyclic) bond motifs is 1. The minimum Gasteiger partial charge on any atom is -0.497 e. The van der Waals surface area contributed by atoms with Crippen LogP contribution in [0.3, 0.4) is 0 Å². The van der Waals surface area contributed by atoms with E-state index < -0.39 is 39.9 Å². The molecule has 3 aromatic carbocycles. The van der Waals surface area contributed by atoms with Crippen molar-refractivity contribution in [2.45, 2.75) is 30.5 Å². The van der Waals surface area contributed by atoms with Gasteiger partial charge in [-0.15, -0.1) is 0 Å². The number of sulfonamides is 1. The molecule has 39 heavy (non-hydrogen) atoms. The fourth-order valence-electron chi connectivity index (χ4n) is 4.33. The summed E-state index contributed by atoms with van der Waals surface area (Å²) in [6.45, 7) is 0.0607. The highest BCUT2D eigenvalue weighted by atomic mass is 35.5. The molecule has 0 fully saturated rings. The van der Waals surface area contributed by atoms with Crippen molar-refractivity contribution >= 4 is 33.2 Å². The number of carbonyl (C=O) groups excluding carboxylic acids is 1. The molecule has 1 heterocycles. The smallest absolute Gasteiger partial charge is 0.419 e. The van der Waals surface area contributed by atoms with Gasteiger partial charge >= 0.3 is 6.18 Å². The number of rotatable bonds is 7. The second-order valence-electron chi connectivity index (χ2n) is 8.70. The monoisotopic (exact) mass is 586 g/mol. The Labute approximate surface area is 227 Å². The number of carbonyl (C=O) groups is 1. The molecule has 0 aliphatic carbocycles. The number of anilines is 1. The Hall–Kier alpha value is -3.35. The van der Waals surface area contributed by atoms with E-state index in [0.717, 1.165) is 6.07 Å². The molecule has 13 heteroatoms. The van der Waals surface area contributed by atoms with Gasteiger partial charge in [-0.25, -0.2) is 12.8 Å². The van der Waals surface area contributed by atoms with Gasteiger partial charge in [-0.1, -0.05) is 23.7 Å². The Kier molecular flexibility index (Phi) is 8.10. The summed E-state index contributed by atoms with van der Waals surface area (Å²) >= 11 is 6.34. The van der Waals surface area contributed by atoms with E-state index in [1.54, 1.807) is 12.1 Å². The molecule has 0 spiro atoms. The van der Waals surface area contributed by atoms with Crippen LogP contribution in [-0.2, 0) is 40.4 Å². The van der Waals surface area contributed by atoms with Crippen LogP contribution in [0, 0.1) is 5.82 Å². The Morgan fingerprint density at radius 1 is 1.08 bits per heavy atom. The third-order valence-electron chi connectivity index (χ3n) is 6.27. The van der Waals surface area contributed by atoms with Crippen molar-refractivity contribution in [2.75, 3.05) is 26.1 Å². The number of hydrogen-bond donors (Lipinski definition) is 1. The molecule has 0 radical (unpaired) electrons. The fraction of sp³-hybridized carbons (Fsp3) is 0.269. The fourth-order valence-corrected chi connectivity index (χ4v) is 6.15. The van der Waals surface area contributed by atoms with Gasteiger partial charge < -0.3 is 14.8 Å². The first-order valence-corrected chi connectivity index (χ1v) is 13.3. The average molecular weight is 587 g/mol. The zero-order valence-electron chi connectivity index (χ0n) is 20.7.